The number of hydrogen-bond donors (Lipinski definition) is 0. The van der Waals surface area contributed by atoms with Gasteiger partial charge in [0.2, 0.25) is 0 Å². The third kappa shape index (κ3) is 11.5. The Balaban J connectivity index is 4.54. The van der Waals surface area contributed by atoms with Crippen LogP contribution in [0.25, 0.3) is 0 Å². The third-order valence-corrected chi connectivity index (χ3v) is 7.87. The Hall–Kier alpha value is -0.820. The van der Waals surface area contributed by atoms with Gasteiger partial charge in [-0.2, -0.15) is 0 Å². The van der Waals surface area contributed by atoms with E-state index in [4.69, 9.17) is 0 Å². The molecule has 0 saturated heterocycles. The predicted octanol–water partition coefficient (Wildman–Crippen LogP) is 8.93. The molecule has 1 nitrogen and oxygen atoms in total. The summed E-state index contributed by atoms with van der Waals surface area (Å²) in [5.41, 5.74) is 3.86. The fourth-order valence-corrected chi connectivity index (χ4v) is 3.84. The Morgan fingerprint density at radius 3 is 1.77 bits per heavy atom. The molecule has 0 rings (SSSR count). The summed E-state index contributed by atoms with van der Waals surface area (Å²) < 4.78 is 0. The smallest absolute Gasteiger partial charge is 0.00610 e. The molecule has 0 N–H and O–H groups in total. The largest absolute Gasteiger partial charge is 0.307 e. The molecular weight excluding hydrogens is 362 g/mol. The first-order valence-electron chi connectivity index (χ1n) is 12.6. The summed E-state index contributed by atoms with van der Waals surface area (Å²) in [7, 11) is 4.32. The summed E-state index contributed by atoms with van der Waals surface area (Å²) >= 11 is 0. The highest BCUT2D eigenvalue weighted by Gasteiger charge is 2.17. The topological polar surface area (TPSA) is 3.24 Å². The van der Waals surface area contributed by atoms with E-state index in [-0.39, 0.29) is 0 Å². The molecule has 6 atom stereocenters. The van der Waals surface area contributed by atoms with Gasteiger partial charge in [0.15, 0.2) is 0 Å². The first kappa shape index (κ1) is 29.2. The van der Waals surface area contributed by atoms with Crippen LogP contribution in [0.1, 0.15) is 100 Å². The number of allylic oxidation sites excluding steroid dienone is 4. The Labute approximate surface area is 191 Å². The molecule has 6 unspecified atom stereocenters. The summed E-state index contributed by atoms with van der Waals surface area (Å²) in [6.45, 7) is 27.6. The molecule has 0 aromatic heterocycles. The average molecular weight is 418 g/mol. The molecule has 176 valence electrons. The maximum Gasteiger partial charge on any atom is 0.00610 e. The molecule has 0 bridgehead atoms. The predicted molar refractivity (Wildman–Crippen MR) is 139 cm³/mol. The van der Waals surface area contributed by atoms with Crippen LogP contribution in [0.15, 0.2) is 36.0 Å². The molecular formula is C29H55N. The first-order chi connectivity index (χ1) is 13.9. The molecule has 0 aromatic carbocycles. The SMILES string of the molecule is C=C(/C=C(/C)C(=C)C(C)CCC(C)C(C)CCC(C)CC)C(C)CCC(C)N(C)C. The van der Waals surface area contributed by atoms with Crippen molar-refractivity contribution >= 4 is 0 Å². The number of rotatable bonds is 16. The van der Waals surface area contributed by atoms with E-state index in [2.05, 4.69) is 93.6 Å². The molecule has 0 amide bonds. The first-order valence-corrected chi connectivity index (χ1v) is 12.6. The molecule has 30 heavy (non-hydrogen) atoms. The molecule has 0 heterocycles. The van der Waals surface area contributed by atoms with E-state index in [9.17, 15) is 0 Å². The summed E-state index contributed by atoms with van der Waals surface area (Å²) in [5, 5.41) is 0. The number of nitrogens with zero attached hydrogens (tertiary/aromatic N) is 1. The van der Waals surface area contributed by atoms with Crippen LogP contribution in [0.3, 0.4) is 0 Å². The molecule has 0 fully saturated rings. The molecule has 0 aliphatic rings. The van der Waals surface area contributed by atoms with Crippen molar-refractivity contribution in [1.29, 1.82) is 0 Å². The second-order valence-corrected chi connectivity index (χ2v) is 10.7. The van der Waals surface area contributed by atoms with E-state index in [0.29, 0.717) is 17.9 Å². The van der Waals surface area contributed by atoms with Crippen molar-refractivity contribution < 1.29 is 0 Å². The highest BCUT2D eigenvalue weighted by molar-refractivity contribution is 5.35. The van der Waals surface area contributed by atoms with Crippen molar-refractivity contribution in [3.8, 4) is 0 Å². The van der Waals surface area contributed by atoms with Gasteiger partial charge in [-0.3, -0.25) is 0 Å². The van der Waals surface area contributed by atoms with Gasteiger partial charge in [-0.15, -0.1) is 0 Å². The summed E-state index contributed by atoms with van der Waals surface area (Å²) in [6, 6.07) is 0.620. The normalized spacial score (nSPS) is 18.6. The summed E-state index contributed by atoms with van der Waals surface area (Å²) in [5.74, 6) is 3.55. The zero-order valence-corrected chi connectivity index (χ0v) is 22.4. The molecule has 1 heteroatoms. The fourth-order valence-electron chi connectivity index (χ4n) is 3.84. The van der Waals surface area contributed by atoms with E-state index < -0.39 is 0 Å². The zero-order chi connectivity index (χ0) is 23.4. The van der Waals surface area contributed by atoms with Crippen LogP contribution in [-0.2, 0) is 0 Å². The van der Waals surface area contributed by atoms with Crippen molar-refractivity contribution in [3.05, 3.63) is 36.0 Å². The minimum Gasteiger partial charge on any atom is -0.307 e. The number of hydrogen-bond acceptors (Lipinski definition) is 1. The van der Waals surface area contributed by atoms with Gasteiger partial charge in [0, 0.05) is 6.04 Å². The lowest BCUT2D eigenvalue weighted by Crippen LogP contribution is -2.25. The van der Waals surface area contributed by atoms with Crippen molar-refractivity contribution in [2.75, 3.05) is 14.1 Å². The van der Waals surface area contributed by atoms with Crippen LogP contribution in [-0.4, -0.2) is 25.0 Å². The Kier molecular flexibility index (Phi) is 14.6. The van der Waals surface area contributed by atoms with Crippen molar-refractivity contribution in [3.63, 3.8) is 0 Å². The van der Waals surface area contributed by atoms with Crippen molar-refractivity contribution in [1.82, 2.24) is 4.90 Å². The Morgan fingerprint density at radius 2 is 1.27 bits per heavy atom. The molecule has 0 saturated carbocycles. The van der Waals surface area contributed by atoms with E-state index in [1.807, 2.05) is 0 Å². The Bertz CT molecular complexity index is 526. The monoisotopic (exact) mass is 417 g/mol. The minimum absolute atomic E-state index is 0.525. The minimum atomic E-state index is 0.525. The third-order valence-electron chi connectivity index (χ3n) is 7.87. The molecule has 0 aliphatic heterocycles. The van der Waals surface area contributed by atoms with Crippen LogP contribution < -0.4 is 0 Å². The lowest BCUT2D eigenvalue weighted by atomic mass is 9.82. The quantitative estimate of drug-likeness (QED) is 0.226. The Morgan fingerprint density at radius 1 is 0.767 bits per heavy atom. The summed E-state index contributed by atoms with van der Waals surface area (Å²) in [6.07, 6.45) is 11.3. The standard InChI is InChI=1S/C29H55N/c1-13-21(2)14-15-22(3)23(4)16-17-25(6)29(10)27(8)20-26(7)24(5)18-19-28(9)30(11)12/h20-25,28H,7,10,13-19H2,1-6,8-9,11-12H3/b27-20-. The van der Waals surface area contributed by atoms with Crippen LogP contribution in [0.4, 0.5) is 0 Å². The van der Waals surface area contributed by atoms with Gasteiger partial charge < -0.3 is 4.90 Å². The lowest BCUT2D eigenvalue weighted by molar-refractivity contribution is 0.286. The maximum atomic E-state index is 4.44. The molecule has 0 aliphatic carbocycles. The maximum absolute atomic E-state index is 4.44. The van der Waals surface area contributed by atoms with Gasteiger partial charge in [0.25, 0.3) is 0 Å². The zero-order valence-electron chi connectivity index (χ0n) is 22.4. The fraction of sp³-hybridized carbons (Fsp3) is 0.793. The van der Waals surface area contributed by atoms with Crippen LogP contribution >= 0.6 is 0 Å². The van der Waals surface area contributed by atoms with Crippen molar-refractivity contribution in [2.24, 2.45) is 29.6 Å². The van der Waals surface area contributed by atoms with Crippen LogP contribution in [0, 0.1) is 29.6 Å². The average Bonchev–Trinajstić information content (AvgIpc) is 2.71. The second kappa shape index (κ2) is 15.1. The highest BCUT2D eigenvalue weighted by atomic mass is 15.1. The van der Waals surface area contributed by atoms with Crippen molar-refractivity contribution in [2.45, 2.75) is 106 Å². The van der Waals surface area contributed by atoms with Gasteiger partial charge in [0.1, 0.15) is 0 Å². The van der Waals surface area contributed by atoms with E-state index in [1.54, 1.807) is 0 Å². The van der Waals surface area contributed by atoms with Gasteiger partial charge in [-0.1, -0.05) is 85.6 Å². The van der Waals surface area contributed by atoms with Gasteiger partial charge >= 0.3 is 0 Å². The second-order valence-electron chi connectivity index (χ2n) is 10.7. The summed E-state index contributed by atoms with van der Waals surface area (Å²) in [4.78, 5) is 2.30. The van der Waals surface area contributed by atoms with E-state index >= 15 is 0 Å². The van der Waals surface area contributed by atoms with Gasteiger partial charge in [-0.05, 0) is 94.4 Å². The lowest BCUT2D eigenvalue weighted by Gasteiger charge is -2.24. The van der Waals surface area contributed by atoms with Gasteiger partial charge in [-0.25, -0.2) is 0 Å². The molecule has 0 aromatic rings. The highest BCUT2D eigenvalue weighted by Crippen LogP contribution is 2.30. The van der Waals surface area contributed by atoms with Gasteiger partial charge in [0.05, 0.1) is 0 Å². The molecule has 0 spiro atoms. The van der Waals surface area contributed by atoms with E-state index in [1.165, 1.54) is 61.7 Å². The van der Waals surface area contributed by atoms with Crippen LogP contribution in [0.2, 0.25) is 0 Å². The van der Waals surface area contributed by atoms with Crippen LogP contribution in [0.5, 0.6) is 0 Å². The molecule has 0 radical (unpaired) electrons. The van der Waals surface area contributed by atoms with E-state index in [0.717, 1.165) is 17.8 Å².